The molecule has 1 aromatic heterocycles. The molecule has 1 unspecified atom stereocenters. The third kappa shape index (κ3) is 4.06. The van der Waals surface area contributed by atoms with Crippen molar-refractivity contribution in [3.8, 4) is 0 Å². The molecule has 0 bridgehead atoms. The van der Waals surface area contributed by atoms with E-state index in [1.54, 1.807) is 0 Å². The summed E-state index contributed by atoms with van der Waals surface area (Å²) < 4.78 is 0. The van der Waals surface area contributed by atoms with Crippen LogP contribution in [0, 0.1) is 5.92 Å². The predicted octanol–water partition coefficient (Wildman–Crippen LogP) is 2.22. The first-order chi connectivity index (χ1) is 9.26. The minimum absolute atomic E-state index is 0.249. The molecule has 0 aliphatic heterocycles. The second-order valence-corrected chi connectivity index (χ2v) is 5.19. The van der Waals surface area contributed by atoms with E-state index >= 15 is 0 Å². The molecule has 3 N–H and O–H groups in total. The third-order valence-corrected chi connectivity index (χ3v) is 3.63. The number of nitrogens with one attached hydrogen (secondary N) is 2. The number of anilines is 2. The number of rotatable bonds is 8. The maximum Gasteiger partial charge on any atom is 0.136 e. The lowest BCUT2D eigenvalue weighted by molar-refractivity contribution is 0.258. The molecule has 1 aliphatic rings. The highest BCUT2D eigenvalue weighted by Gasteiger charge is 2.27. The Hall–Kier alpha value is -1.36. The van der Waals surface area contributed by atoms with Gasteiger partial charge in [-0.25, -0.2) is 9.97 Å². The molecule has 1 aromatic rings. The molecule has 1 atom stereocenters. The fraction of sp³-hybridized carbons (Fsp3) is 0.714. The van der Waals surface area contributed by atoms with Gasteiger partial charge in [-0.2, -0.15) is 0 Å². The van der Waals surface area contributed by atoms with Crippen molar-refractivity contribution in [2.75, 3.05) is 30.8 Å². The number of hydrogen-bond acceptors (Lipinski definition) is 5. The van der Waals surface area contributed by atoms with Crippen LogP contribution in [0.3, 0.4) is 0 Å². The Kier molecular flexibility index (Phi) is 4.96. The van der Waals surface area contributed by atoms with Crippen molar-refractivity contribution in [2.45, 2.75) is 38.5 Å². The van der Waals surface area contributed by atoms with Gasteiger partial charge in [-0.1, -0.05) is 13.3 Å². The van der Waals surface area contributed by atoms with Crippen LogP contribution in [0.5, 0.6) is 0 Å². The van der Waals surface area contributed by atoms with Gasteiger partial charge in [0.15, 0.2) is 0 Å². The van der Waals surface area contributed by atoms with Gasteiger partial charge in [-0.15, -0.1) is 0 Å². The van der Waals surface area contributed by atoms with Gasteiger partial charge < -0.3 is 15.7 Å². The Morgan fingerprint density at radius 3 is 2.68 bits per heavy atom. The highest BCUT2D eigenvalue weighted by Crippen LogP contribution is 2.38. The highest BCUT2D eigenvalue weighted by molar-refractivity contribution is 5.47. The SMILES string of the molecule is CCC(CCO)CNc1cc(NC)nc(C2CC2)n1. The summed E-state index contributed by atoms with van der Waals surface area (Å²) in [5, 5.41) is 15.5. The van der Waals surface area contributed by atoms with Crippen molar-refractivity contribution in [1.82, 2.24) is 9.97 Å². The van der Waals surface area contributed by atoms with Crippen LogP contribution in [0.4, 0.5) is 11.6 Å². The fourth-order valence-electron chi connectivity index (χ4n) is 2.09. The zero-order valence-corrected chi connectivity index (χ0v) is 11.8. The first kappa shape index (κ1) is 14.1. The minimum atomic E-state index is 0.249. The normalized spacial score (nSPS) is 16.2. The molecule has 1 aliphatic carbocycles. The molecule has 19 heavy (non-hydrogen) atoms. The summed E-state index contributed by atoms with van der Waals surface area (Å²) in [6.45, 7) is 3.25. The molecule has 106 valence electrons. The molecular weight excluding hydrogens is 240 g/mol. The summed E-state index contributed by atoms with van der Waals surface area (Å²) >= 11 is 0. The van der Waals surface area contributed by atoms with E-state index in [0.717, 1.165) is 36.8 Å². The van der Waals surface area contributed by atoms with Gasteiger partial charge in [0.25, 0.3) is 0 Å². The van der Waals surface area contributed by atoms with Crippen LogP contribution in [-0.2, 0) is 0 Å². The van der Waals surface area contributed by atoms with E-state index in [2.05, 4.69) is 27.5 Å². The van der Waals surface area contributed by atoms with E-state index in [-0.39, 0.29) is 6.61 Å². The zero-order valence-electron chi connectivity index (χ0n) is 11.8. The first-order valence-electron chi connectivity index (χ1n) is 7.18. The number of nitrogens with zero attached hydrogens (tertiary/aromatic N) is 2. The quantitative estimate of drug-likeness (QED) is 0.671. The maximum absolute atomic E-state index is 9.01. The molecule has 1 fully saturated rings. The van der Waals surface area contributed by atoms with Gasteiger partial charge in [-0.05, 0) is 25.2 Å². The summed E-state index contributed by atoms with van der Waals surface area (Å²) in [7, 11) is 1.88. The lowest BCUT2D eigenvalue weighted by Gasteiger charge is -2.15. The van der Waals surface area contributed by atoms with E-state index < -0.39 is 0 Å². The predicted molar refractivity (Wildman–Crippen MR) is 77.5 cm³/mol. The third-order valence-electron chi connectivity index (χ3n) is 3.63. The Labute approximate surface area is 114 Å². The standard InChI is InChI=1S/C14H24N4O/c1-3-10(6-7-19)9-16-13-8-12(15-2)17-14(18-13)11-4-5-11/h8,10-11,19H,3-7,9H2,1-2H3,(H2,15,16,17,18). The summed E-state index contributed by atoms with van der Waals surface area (Å²) in [6, 6.07) is 1.94. The maximum atomic E-state index is 9.01. The van der Waals surface area contributed by atoms with Crippen molar-refractivity contribution < 1.29 is 5.11 Å². The number of aliphatic hydroxyl groups is 1. The molecule has 0 radical (unpaired) electrons. The van der Waals surface area contributed by atoms with Crippen molar-refractivity contribution >= 4 is 11.6 Å². The molecule has 0 spiro atoms. The number of aromatic nitrogens is 2. The van der Waals surface area contributed by atoms with E-state index in [4.69, 9.17) is 5.11 Å². The van der Waals surface area contributed by atoms with Gasteiger partial charge in [-0.3, -0.25) is 0 Å². The van der Waals surface area contributed by atoms with Crippen LogP contribution in [0.15, 0.2) is 6.07 Å². The number of aliphatic hydroxyl groups excluding tert-OH is 1. The van der Waals surface area contributed by atoms with Crippen LogP contribution >= 0.6 is 0 Å². The summed E-state index contributed by atoms with van der Waals surface area (Å²) in [5.74, 6) is 3.74. The summed E-state index contributed by atoms with van der Waals surface area (Å²) in [4.78, 5) is 9.08. The average Bonchev–Trinajstić information content (AvgIpc) is 3.27. The van der Waals surface area contributed by atoms with Gasteiger partial charge in [0.2, 0.25) is 0 Å². The van der Waals surface area contributed by atoms with Gasteiger partial charge in [0.1, 0.15) is 17.5 Å². The molecule has 0 saturated heterocycles. The van der Waals surface area contributed by atoms with Crippen molar-refractivity contribution in [3.63, 3.8) is 0 Å². The lowest BCUT2D eigenvalue weighted by Crippen LogP contribution is -2.16. The average molecular weight is 264 g/mol. The van der Waals surface area contributed by atoms with Crippen LogP contribution in [0.25, 0.3) is 0 Å². The molecule has 0 amide bonds. The highest BCUT2D eigenvalue weighted by atomic mass is 16.3. The van der Waals surface area contributed by atoms with Crippen molar-refractivity contribution in [3.05, 3.63) is 11.9 Å². The van der Waals surface area contributed by atoms with E-state index in [1.807, 2.05) is 13.1 Å². The Bertz CT molecular complexity index is 406. The van der Waals surface area contributed by atoms with Gasteiger partial charge in [0, 0.05) is 32.2 Å². The van der Waals surface area contributed by atoms with Crippen molar-refractivity contribution in [2.24, 2.45) is 5.92 Å². The molecular formula is C14H24N4O. The van der Waals surface area contributed by atoms with Crippen molar-refractivity contribution in [1.29, 1.82) is 0 Å². The Balaban J connectivity index is 2.00. The topological polar surface area (TPSA) is 70.1 Å². The molecule has 5 heteroatoms. The molecule has 1 saturated carbocycles. The zero-order chi connectivity index (χ0) is 13.7. The summed E-state index contributed by atoms with van der Waals surface area (Å²) in [6.07, 6.45) is 4.30. The lowest BCUT2D eigenvalue weighted by atomic mass is 10.0. The molecule has 5 nitrogen and oxygen atoms in total. The second-order valence-electron chi connectivity index (χ2n) is 5.19. The largest absolute Gasteiger partial charge is 0.396 e. The smallest absolute Gasteiger partial charge is 0.136 e. The van der Waals surface area contributed by atoms with Crippen LogP contribution in [0.1, 0.15) is 44.3 Å². The van der Waals surface area contributed by atoms with E-state index in [1.165, 1.54) is 12.8 Å². The molecule has 1 heterocycles. The first-order valence-corrected chi connectivity index (χ1v) is 7.18. The second kappa shape index (κ2) is 6.70. The Morgan fingerprint density at radius 1 is 1.37 bits per heavy atom. The van der Waals surface area contributed by atoms with Crippen LogP contribution in [0.2, 0.25) is 0 Å². The molecule has 0 aromatic carbocycles. The van der Waals surface area contributed by atoms with E-state index in [9.17, 15) is 0 Å². The Morgan fingerprint density at radius 2 is 2.11 bits per heavy atom. The summed E-state index contributed by atoms with van der Waals surface area (Å²) in [5.41, 5.74) is 0. The fourth-order valence-corrected chi connectivity index (χ4v) is 2.09. The van der Waals surface area contributed by atoms with Crippen LogP contribution < -0.4 is 10.6 Å². The van der Waals surface area contributed by atoms with E-state index in [0.29, 0.717) is 11.8 Å². The molecule has 2 rings (SSSR count). The van der Waals surface area contributed by atoms with Crippen LogP contribution in [-0.4, -0.2) is 35.3 Å². The van der Waals surface area contributed by atoms with Gasteiger partial charge >= 0.3 is 0 Å². The number of hydrogen-bond donors (Lipinski definition) is 3. The monoisotopic (exact) mass is 264 g/mol. The van der Waals surface area contributed by atoms with Gasteiger partial charge in [0.05, 0.1) is 0 Å². The minimum Gasteiger partial charge on any atom is -0.396 e.